The molecule has 96 valence electrons. The second-order valence-electron chi connectivity index (χ2n) is 3.54. The zero-order chi connectivity index (χ0) is 12.2. The molecule has 0 aliphatic rings. The topological polar surface area (TPSA) is 54.0 Å². The summed E-state index contributed by atoms with van der Waals surface area (Å²) in [5.41, 5.74) is 0. The summed E-state index contributed by atoms with van der Waals surface area (Å²) in [5.74, 6) is 0.389. The molecule has 5 nitrogen and oxygen atoms in total. The minimum Gasteiger partial charge on any atom is -0.432 e. The standard InChI is InChI=1S/C11H22O5/c1-4-7-8-10(5-2)9-13-11(12)15-16-14-6-3/h10H,4-9H2,1-3H3. The maximum Gasteiger partial charge on any atom is 0.542 e. The average Bonchev–Trinajstić information content (AvgIpc) is 2.30. The Labute approximate surface area is 96.9 Å². The summed E-state index contributed by atoms with van der Waals surface area (Å²) in [6, 6.07) is 0. The van der Waals surface area contributed by atoms with Crippen LogP contribution >= 0.6 is 0 Å². The van der Waals surface area contributed by atoms with Crippen molar-refractivity contribution in [3.05, 3.63) is 0 Å². The van der Waals surface area contributed by atoms with Gasteiger partial charge in [0.1, 0.15) is 0 Å². The summed E-state index contributed by atoms with van der Waals surface area (Å²) in [6.45, 7) is 6.60. The molecule has 0 fully saturated rings. The Balaban J connectivity index is 3.54. The molecule has 0 N–H and O–H groups in total. The van der Waals surface area contributed by atoms with Gasteiger partial charge >= 0.3 is 6.16 Å². The van der Waals surface area contributed by atoms with E-state index >= 15 is 0 Å². The number of ether oxygens (including phenoxy) is 1. The Morgan fingerprint density at radius 1 is 1.25 bits per heavy atom. The van der Waals surface area contributed by atoms with Gasteiger partial charge in [0.2, 0.25) is 0 Å². The van der Waals surface area contributed by atoms with Crippen LogP contribution in [0.15, 0.2) is 0 Å². The molecule has 0 bridgehead atoms. The molecule has 0 aromatic carbocycles. The van der Waals surface area contributed by atoms with E-state index in [1.165, 1.54) is 0 Å². The van der Waals surface area contributed by atoms with Gasteiger partial charge in [-0.05, 0) is 24.3 Å². The van der Waals surface area contributed by atoms with Gasteiger partial charge in [-0.15, -0.1) is 0 Å². The summed E-state index contributed by atoms with van der Waals surface area (Å²) in [5, 5.41) is 4.12. The number of rotatable bonds is 9. The molecule has 0 aromatic heterocycles. The van der Waals surface area contributed by atoms with E-state index in [1.807, 2.05) is 0 Å². The third-order valence-corrected chi connectivity index (χ3v) is 2.25. The molecule has 0 rings (SSSR count). The van der Waals surface area contributed by atoms with Crippen molar-refractivity contribution >= 4 is 6.16 Å². The van der Waals surface area contributed by atoms with E-state index in [1.54, 1.807) is 6.92 Å². The van der Waals surface area contributed by atoms with Crippen molar-refractivity contribution in [3.63, 3.8) is 0 Å². The molecule has 0 saturated carbocycles. The highest BCUT2D eigenvalue weighted by Crippen LogP contribution is 2.13. The number of unbranched alkanes of at least 4 members (excludes halogenated alkanes) is 1. The molecule has 5 heteroatoms. The minimum atomic E-state index is -0.858. The van der Waals surface area contributed by atoms with Crippen molar-refractivity contribution in [3.8, 4) is 0 Å². The van der Waals surface area contributed by atoms with E-state index in [-0.39, 0.29) is 0 Å². The lowest BCUT2D eigenvalue weighted by atomic mass is 10.0. The molecule has 0 aliphatic carbocycles. The third kappa shape index (κ3) is 8.49. The van der Waals surface area contributed by atoms with Crippen LogP contribution in [-0.4, -0.2) is 19.4 Å². The molecule has 16 heavy (non-hydrogen) atoms. The fourth-order valence-electron chi connectivity index (χ4n) is 1.21. The van der Waals surface area contributed by atoms with Gasteiger partial charge in [-0.1, -0.05) is 33.1 Å². The molecule has 0 heterocycles. The van der Waals surface area contributed by atoms with Crippen molar-refractivity contribution in [1.82, 2.24) is 0 Å². The predicted molar refractivity (Wildman–Crippen MR) is 58.5 cm³/mol. The van der Waals surface area contributed by atoms with E-state index < -0.39 is 6.16 Å². The van der Waals surface area contributed by atoms with Crippen molar-refractivity contribution in [2.24, 2.45) is 5.92 Å². The average molecular weight is 234 g/mol. The summed E-state index contributed by atoms with van der Waals surface area (Å²) in [4.78, 5) is 19.5. The number of hydrogen-bond donors (Lipinski definition) is 0. The summed E-state index contributed by atoms with van der Waals surface area (Å²) >= 11 is 0. The monoisotopic (exact) mass is 234 g/mol. The van der Waals surface area contributed by atoms with Gasteiger partial charge in [-0.2, -0.15) is 4.89 Å². The van der Waals surface area contributed by atoms with Crippen LogP contribution in [0.5, 0.6) is 0 Å². The zero-order valence-electron chi connectivity index (χ0n) is 10.4. The molecule has 0 spiro atoms. The molecule has 0 amide bonds. The van der Waals surface area contributed by atoms with Gasteiger partial charge in [-0.25, -0.2) is 9.68 Å². The van der Waals surface area contributed by atoms with Crippen LogP contribution in [0.4, 0.5) is 4.79 Å². The second kappa shape index (κ2) is 10.7. The summed E-state index contributed by atoms with van der Waals surface area (Å²) in [7, 11) is 0. The van der Waals surface area contributed by atoms with Crippen LogP contribution in [0.3, 0.4) is 0 Å². The SMILES string of the molecule is CCCCC(CC)COC(=O)OOOCC. The van der Waals surface area contributed by atoms with Crippen LogP contribution in [0, 0.1) is 5.92 Å². The Morgan fingerprint density at radius 2 is 2.00 bits per heavy atom. The van der Waals surface area contributed by atoms with E-state index in [0.717, 1.165) is 25.7 Å². The Bertz CT molecular complexity index is 172. The fraction of sp³-hybridized carbons (Fsp3) is 0.909. The second-order valence-corrected chi connectivity index (χ2v) is 3.54. The molecular formula is C11H22O5. The van der Waals surface area contributed by atoms with Crippen LogP contribution in [0.1, 0.15) is 46.5 Å². The first-order valence-electron chi connectivity index (χ1n) is 5.87. The highest BCUT2D eigenvalue weighted by atomic mass is 17.5. The molecule has 0 saturated heterocycles. The van der Waals surface area contributed by atoms with Crippen molar-refractivity contribution in [2.45, 2.75) is 46.5 Å². The highest BCUT2D eigenvalue weighted by Gasteiger charge is 2.11. The van der Waals surface area contributed by atoms with Crippen LogP contribution in [0.25, 0.3) is 0 Å². The largest absolute Gasteiger partial charge is 0.542 e. The Morgan fingerprint density at radius 3 is 2.56 bits per heavy atom. The van der Waals surface area contributed by atoms with Gasteiger partial charge in [0.15, 0.2) is 0 Å². The summed E-state index contributed by atoms with van der Waals surface area (Å²) in [6.07, 6.45) is 3.48. The smallest absolute Gasteiger partial charge is 0.432 e. The molecule has 0 aliphatic heterocycles. The first-order valence-corrected chi connectivity index (χ1v) is 5.87. The van der Waals surface area contributed by atoms with E-state index in [9.17, 15) is 4.79 Å². The Kier molecular flexibility index (Phi) is 10.2. The minimum absolute atomic E-state index is 0.307. The van der Waals surface area contributed by atoms with Gasteiger partial charge in [-0.3, -0.25) is 0 Å². The Hall–Kier alpha value is -0.810. The lowest BCUT2D eigenvalue weighted by Gasteiger charge is -2.13. The zero-order valence-corrected chi connectivity index (χ0v) is 10.4. The molecule has 1 atom stereocenters. The fourth-order valence-corrected chi connectivity index (χ4v) is 1.21. The van der Waals surface area contributed by atoms with Gasteiger partial charge in [0.05, 0.1) is 13.2 Å². The maximum atomic E-state index is 11.0. The molecular weight excluding hydrogens is 212 g/mol. The molecule has 0 radical (unpaired) electrons. The highest BCUT2D eigenvalue weighted by molar-refractivity contribution is 5.58. The van der Waals surface area contributed by atoms with Crippen LogP contribution in [-0.2, 0) is 19.6 Å². The lowest BCUT2D eigenvalue weighted by Crippen LogP contribution is -2.15. The maximum absolute atomic E-state index is 11.0. The number of hydrogen-bond acceptors (Lipinski definition) is 5. The predicted octanol–water partition coefficient (Wildman–Crippen LogP) is 3.24. The first-order chi connectivity index (χ1) is 7.74. The van der Waals surface area contributed by atoms with Crippen molar-refractivity contribution in [2.75, 3.05) is 13.2 Å². The molecule has 1 unspecified atom stereocenters. The van der Waals surface area contributed by atoms with Gasteiger partial charge in [0.25, 0.3) is 0 Å². The van der Waals surface area contributed by atoms with E-state index in [4.69, 9.17) is 4.74 Å². The van der Waals surface area contributed by atoms with Crippen LogP contribution in [0.2, 0.25) is 0 Å². The third-order valence-electron chi connectivity index (χ3n) is 2.25. The van der Waals surface area contributed by atoms with Crippen LogP contribution < -0.4 is 0 Å². The summed E-state index contributed by atoms with van der Waals surface area (Å²) < 4.78 is 4.87. The quantitative estimate of drug-likeness (QED) is 0.265. The number of carbonyl (C=O) groups is 1. The van der Waals surface area contributed by atoms with Crippen molar-refractivity contribution < 1.29 is 24.3 Å². The van der Waals surface area contributed by atoms with E-state index in [2.05, 4.69) is 28.7 Å². The van der Waals surface area contributed by atoms with Gasteiger partial charge < -0.3 is 4.74 Å². The first kappa shape index (κ1) is 15.2. The molecule has 0 aromatic rings. The normalized spacial score (nSPS) is 12.2. The van der Waals surface area contributed by atoms with E-state index in [0.29, 0.717) is 19.1 Å². The van der Waals surface area contributed by atoms with Crippen molar-refractivity contribution in [1.29, 1.82) is 0 Å². The van der Waals surface area contributed by atoms with Gasteiger partial charge in [0, 0.05) is 0 Å². The number of carbonyl (C=O) groups excluding carboxylic acids is 1. The lowest BCUT2D eigenvalue weighted by molar-refractivity contribution is -0.484.